The average Bonchev–Trinajstić information content (AvgIpc) is 3.03. The zero-order chi connectivity index (χ0) is 31.6. The lowest BCUT2D eigenvalue weighted by atomic mass is 9.99. The fraction of sp³-hybridized carbons (Fsp3) is 0.324. The van der Waals surface area contributed by atoms with Gasteiger partial charge in [-0.1, -0.05) is 97.9 Å². The van der Waals surface area contributed by atoms with Crippen LogP contribution in [0, 0.1) is 5.92 Å². The highest BCUT2D eigenvalue weighted by atomic mass is 16.5. The zero-order valence-corrected chi connectivity index (χ0v) is 24.9. The van der Waals surface area contributed by atoms with Crippen LogP contribution >= 0.6 is 0 Å². The van der Waals surface area contributed by atoms with E-state index in [0.717, 1.165) is 16.7 Å². The van der Waals surface area contributed by atoms with Gasteiger partial charge in [0.1, 0.15) is 12.6 Å². The largest absolute Gasteiger partial charge is 0.445 e. The molecule has 0 saturated heterocycles. The summed E-state index contributed by atoms with van der Waals surface area (Å²) in [5.41, 5.74) is 2.54. The Balaban J connectivity index is 1.37. The molecule has 0 unspecified atom stereocenters. The van der Waals surface area contributed by atoms with Crippen LogP contribution in [-0.2, 0) is 43.5 Å². The minimum atomic E-state index is -1.01. The molecule has 232 valence electrons. The van der Waals surface area contributed by atoms with Gasteiger partial charge in [0.15, 0.2) is 0 Å². The predicted octanol–water partition coefficient (Wildman–Crippen LogP) is 3.45. The van der Waals surface area contributed by atoms with E-state index in [2.05, 4.69) is 21.3 Å². The molecular weight excluding hydrogens is 560 g/mol. The summed E-state index contributed by atoms with van der Waals surface area (Å²) in [5, 5.41) is 10.7. The maximum absolute atomic E-state index is 13.1. The topological polar surface area (TPSA) is 143 Å². The molecule has 0 aliphatic carbocycles. The van der Waals surface area contributed by atoms with Crippen molar-refractivity contribution in [2.45, 2.75) is 51.8 Å². The summed E-state index contributed by atoms with van der Waals surface area (Å²) in [6.45, 7) is 2.70. The number of rotatable bonds is 17. The third-order valence-corrected chi connectivity index (χ3v) is 6.78. The van der Waals surface area contributed by atoms with Crippen LogP contribution in [0.4, 0.5) is 4.79 Å². The van der Waals surface area contributed by atoms with Crippen molar-refractivity contribution in [3.8, 4) is 0 Å². The summed E-state index contributed by atoms with van der Waals surface area (Å²) >= 11 is 0. The van der Waals surface area contributed by atoms with E-state index in [-0.39, 0.29) is 56.7 Å². The molecule has 2 atom stereocenters. The van der Waals surface area contributed by atoms with Gasteiger partial charge in [-0.05, 0) is 29.0 Å². The van der Waals surface area contributed by atoms with Gasteiger partial charge < -0.3 is 26.0 Å². The molecule has 0 bridgehead atoms. The summed E-state index contributed by atoms with van der Waals surface area (Å²) in [6.07, 6.45) is 0.321. The van der Waals surface area contributed by atoms with E-state index in [1.54, 1.807) is 0 Å². The Morgan fingerprint density at radius 2 is 1.27 bits per heavy atom. The van der Waals surface area contributed by atoms with Crippen molar-refractivity contribution < 1.29 is 28.7 Å². The van der Waals surface area contributed by atoms with Gasteiger partial charge in [0, 0.05) is 38.9 Å². The van der Waals surface area contributed by atoms with Gasteiger partial charge >= 0.3 is 6.09 Å². The monoisotopic (exact) mass is 600 g/mol. The van der Waals surface area contributed by atoms with Crippen molar-refractivity contribution >= 4 is 29.6 Å². The van der Waals surface area contributed by atoms with Gasteiger partial charge in [0.25, 0.3) is 5.91 Å². The number of hydrogen-bond acceptors (Lipinski definition) is 6. The van der Waals surface area contributed by atoms with Crippen LogP contribution in [0.1, 0.15) is 42.9 Å². The van der Waals surface area contributed by atoms with E-state index < -0.39 is 23.8 Å². The van der Waals surface area contributed by atoms with Crippen LogP contribution in [0.3, 0.4) is 0 Å². The molecule has 0 aliphatic rings. The Hall–Kier alpha value is -4.99. The Morgan fingerprint density at radius 3 is 1.91 bits per heavy atom. The Bertz CT molecular complexity index is 1350. The molecule has 0 saturated carbocycles. The normalized spacial score (nSPS) is 11.8. The number of nitrogens with one attached hydrogen (secondary N) is 4. The molecule has 0 aliphatic heterocycles. The number of carbonyl (C=O) groups is 5. The first-order valence-electron chi connectivity index (χ1n) is 14.7. The fourth-order valence-electron chi connectivity index (χ4n) is 4.35. The lowest BCUT2D eigenvalue weighted by molar-refractivity contribution is -0.140. The number of ether oxygens (including phenoxy) is 1. The third kappa shape index (κ3) is 12.9. The van der Waals surface area contributed by atoms with E-state index in [9.17, 15) is 24.0 Å². The lowest BCUT2D eigenvalue weighted by Crippen LogP contribution is -2.48. The molecule has 0 spiro atoms. The number of Topliss-reactive ketones (excluding diaryl/α,β-unsaturated/α-hetero) is 1. The Kier molecular flexibility index (Phi) is 14.1. The van der Waals surface area contributed by atoms with Crippen LogP contribution in [0.25, 0.3) is 0 Å². The van der Waals surface area contributed by atoms with E-state index in [4.69, 9.17) is 4.74 Å². The molecule has 10 nitrogen and oxygen atoms in total. The third-order valence-electron chi connectivity index (χ3n) is 6.78. The second kappa shape index (κ2) is 18.5. The predicted molar refractivity (Wildman–Crippen MR) is 166 cm³/mol. The van der Waals surface area contributed by atoms with E-state index in [1.165, 1.54) is 0 Å². The van der Waals surface area contributed by atoms with Crippen molar-refractivity contribution in [2.24, 2.45) is 5.92 Å². The van der Waals surface area contributed by atoms with Crippen LogP contribution < -0.4 is 21.3 Å². The van der Waals surface area contributed by atoms with Crippen molar-refractivity contribution in [2.75, 3.05) is 13.1 Å². The van der Waals surface area contributed by atoms with E-state index >= 15 is 0 Å². The van der Waals surface area contributed by atoms with Crippen molar-refractivity contribution in [3.63, 3.8) is 0 Å². The first-order valence-corrected chi connectivity index (χ1v) is 14.7. The van der Waals surface area contributed by atoms with Crippen molar-refractivity contribution in [1.29, 1.82) is 0 Å². The molecule has 0 fully saturated rings. The highest BCUT2D eigenvalue weighted by Crippen LogP contribution is 2.10. The van der Waals surface area contributed by atoms with E-state index in [0.29, 0.717) is 13.0 Å². The summed E-state index contributed by atoms with van der Waals surface area (Å²) in [7, 11) is 0. The smallest absolute Gasteiger partial charge is 0.407 e. The van der Waals surface area contributed by atoms with Gasteiger partial charge in [0.05, 0.1) is 0 Å². The second-order valence-corrected chi connectivity index (χ2v) is 10.5. The van der Waals surface area contributed by atoms with Gasteiger partial charge in [-0.3, -0.25) is 19.2 Å². The average molecular weight is 601 g/mol. The zero-order valence-electron chi connectivity index (χ0n) is 24.9. The SMILES string of the molecule is C[C@@H](CCNC(=O)CCNC(=O)OCc1ccccc1)CC(=O)N[C@@H](Cc1ccccc1)C(=O)C(=O)NCc1ccccc1. The van der Waals surface area contributed by atoms with Crippen LogP contribution in [0.15, 0.2) is 91.0 Å². The van der Waals surface area contributed by atoms with Crippen molar-refractivity contribution in [3.05, 3.63) is 108 Å². The molecular formula is C34H40N4O6. The van der Waals surface area contributed by atoms with Crippen LogP contribution in [0.5, 0.6) is 0 Å². The summed E-state index contributed by atoms with van der Waals surface area (Å²) < 4.78 is 5.12. The second-order valence-electron chi connectivity index (χ2n) is 10.5. The number of carbonyl (C=O) groups excluding carboxylic acids is 5. The molecule has 3 aromatic rings. The molecule has 0 aromatic heterocycles. The Morgan fingerprint density at radius 1 is 0.682 bits per heavy atom. The quantitative estimate of drug-likeness (QED) is 0.175. The van der Waals surface area contributed by atoms with Crippen LogP contribution in [-0.4, -0.2) is 48.7 Å². The minimum absolute atomic E-state index is 0.0882. The summed E-state index contributed by atoms with van der Waals surface area (Å²) in [6, 6.07) is 26.7. The minimum Gasteiger partial charge on any atom is -0.445 e. The molecule has 3 rings (SSSR count). The van der Waals surface area contributed by atoms with Gasteiger partial charge in [-0.15, -0.1) is 0 Å². The molecule has 3 aromatic carbocycles. The molecule has 0 heterocycles. The molecule has 10 heteroatoms. The number of amides is 4. The van der Waals surface area contributed by atoms with Crippen molar-refractivity contribution in [1.82, 2.24) is 21.3 Å². The van der Waals surface area contributed by atoms with E-state index in [1.807, 2.05) is 97.9 Å². The maximum Gasteiger partial charge on any atom is 0.407 e. The Labute approximate surface area is 258 Å². The first kappa shape index (κ1) is 33.5. The molecule has 4 N–H and O–H groups in total. The summed E-state index contributed by atoms with van der Waals surface area (Å²) in [4.78, 5) is 62.6. The highest BCUT2D eigenvalue weighted by Gasteiger charge is 2.27. The lowest BCUT2D eigenvalue weighted by Gasteiger charge is -2.19. The number of benzene rings is 3. The number of ketones is 1. The maximum atomic E-state index is 13.1. The highest BCUT2D eigenvalue weighted by molar-refractivity contribution is 6.38. The number of hydrogen-bond donors (Lipinski definition) is 4. The molecule has 4 amide bonds. The number of alkyl carbamates (subject to hydrolysis) is 1. The first-order chi connectivity index (χ1) is 21.3. The summed E-state index contributed by atoms with van der Waals surface area (Å²) in [5.74, 6) is -2.16. The van der Waals surface area contributed by atoms with Gasteiger partial charge in [0.2, 0.25) is 17.6 Å². The van der Waals surface area contributed by atoms with Gasteiger partial charge in [-0.25, -0.2) is 4.79 Å². The standard InChI is InChI=1S/C34H40N4O6/c1-25(17-19-35-30(39)18-20-36-34(43)44-24-28-15-9-4-10-16-28)21-31(40)38-29(22-26-11-5-2-6-12-26)32(41)33(42)37-23-27-13-7-3-8-14-27/h2-16,25,29H,17-24H2,1H3,(H,35,39)(H,36,43)(H,37,42)(H,38,40)/t25-,29-/m0/s1. The molecule has 44 heavy (non-hydrogen) atoms. The van der Waals surface area contributed by atoms with Gasteiger partial charge in [-0.2, -0.15) is 0 Å². The molecule has 0 radical (unpaired) electrons. The fourth-order valence-corrected chi connectivity index (χ4v) is 4.35. The van der Waals surface area contributed by atoms with Crippen LogP contribution in [0.2, 0.25) is 0 Å².